The lowest BCUT2D eigenvalue weighted by atomic mass is 10.2. The minimum atomic E-state index is 0.781. The van der Waals surface area contributed by atoms with E-state index in [1.165, 1.54) is 11.1 Å². The normalized spacial score (nSPS) is 10.3. The average molecular weight is 263 g/mol. The van der Waals surface area contributed by atoms with E-state index in [1.807, 2.05) is 30.3 Å². The SMILES string of the molecule is COc1ccccc1C[NH2+]Cc1ccc(Cl)cc1. The van der Waals surface area contributed by atoms with E-state index in [-0.39, 0.29) is 0 Å². The Balaban J connectivity index is 1.90. The third kappa shape index (κ3) is 3.49. The topological polar surface area (TPSA) is 25.8 Å². The van der Waals surface area contributed by atoms with Gasteiger partial charge in [0, 0.05) is 16.1 Å². The van der Waals surface area contributed by atoms with Crippen molar-refractivity contribution < 1.29 is 10.1 Å². The summed E-state index contributed by atoms with van der Waals surface area (Å²) < 4.78 is 5.33. The maximum absolute atomic E-state index is 5.85. The van der Waals surface area contributed by atoms with Crippen LogP contribution in [0.5, 0.6) is 5.75 Å². The van der Waals surface area contributed by atoms with Crippen LogP contribution in [0.3, 0.4) is 0 Å². The van der Waals surface area contributed by atoms with E-state index < -0.39 is 0 Å². The Labute approximate surface area is 113 Å². The number of hydrogen-bond donors (Lipinski definition) is 1. The number of para-hydroxylation sites is 1. The second-order valence-electron chi connectivity index (χ2n) is 4.14. The van der Waals surface area contributed by atoms with Gasteiger partial charge in [-0.3, -0.25) is 0 Å². The van der Waals surface area contributed by atoms with E-state index in [9.17, 15) is 0 Å². The predicted molar refractivity (Wildman–Crippen MR) is 73.8 cm³/mol. The van der Waals surface area contributed by atoms with Crippen LogP contribution in [0.15, 0.2) is 48.5 Å². The summed E-state index contributed by atoms with van der Waals surface area (Å²) in [6.45, 7) is 1.85. The molecular weight excluding hydrogens is 246 g/mol. The second-order valence-corrected chi connectivity index (χ2v) is 4.57. The van der Waals surface area contributed by atoms with Gasteiger partial charge in [-0.2, -0.15) is 0 Å². The molecule has 0 saturated carbocycles. The van der Waals surface area contributed by atoms with Crippen molar-refractivity contribution in [3.05, 3.63) is 64.7 Å². The van der Waals surface area contributed by atoms with Crippen LogP contribution in [-0.4, -0.2) is 7.11 Å². The molecule has 0 unspecified atom stereocenters. The van der Waals surface area contributed by atoms with Crippen LogP contribution in [-0.2, 0) is 13.1 Å². The molecule has 0 saturated heterocycles. The first kappa shape index (κ1) is 12.9. The second kappa shape index (κ2) is 6.43. The zero-order valence-electron chi connectivity index (χ0n) is 10.4. The van der Waals surface area contributed by atoms with Crippen LogP contribution in [0.1, 0.15) is 11.1 Å². The van der Waals surface area contributed by atoms with Crippen molar-refractivity contribution in [3.63, 3.8) is 0 Å². The van der Waals surface area contributed by atoms with Crippen LogP contribution in [0.2, 0.25) is 5.02 Å². The lowest BCUT2D eigenvalue weighted by Gasteiger charge is -2.07. The summed E-state index contributed by atoms with van der Waals surface area (Å²) in [5.41, 5.74) is 2.49. The van der Waals surface area contributed by atoms with Crippen LogP contribution in [0.4, 0.5) is 0 Å². The van der Waals surface area contributed by atoms with Crippen molar-refractivity contribution in [2.45, 2.75) is 13.1 Å². The van der Waals surface area contributed by atoms with Crippen LogP contribution >= 0.6 is 11.6 Å². The summed E-state index contributed by atoms with van der Waals surface area (Å²) in [6, 6.07) is 16.1. The van der Waals surface area contributed by atoms with Crippen molar-refractivity contribution in [3.8, 4) is 5.75 Å². The molecule has 0 heterocycles. The lowest BCUT2D eigenvalue weighted by molar-refractivity contribution is -0.686. The monoisotopic (exact) mass is 262 g/mol. The van der Waals surface area contributed by atoms with Crippen molar-refractivity contribution in [2.75, 3.05) is 7.11 Å². The fraction of sp³-hybridized carbons (Fsp3) is 0.200. The van der Waals surface area contributed by atoms with Gasteiger partial charge in [-0.05, 0) is 24.3 Å². The number of benzene rings is 2. The molecule has 0 aromatic heterocycles. The number of rotatable bonds is 5. The molecule has 94 valence electrons. The van der Waals surface area contributed by atoms with E-state index >= 15 is 0 Å². The first-order valence-corrected chi connectivity index (χ1v) is 6.35. The number of hydrogen-bond acceptors (Lipinski definition) is 1. The first-order valence-electron chi connectivity index (χ1n) is 5.97. The molecule has 0 spiro atoms. The van der Waals surface area contributed by atoms with E-state index in [0.717, 1.165) is 23.9 Å². The molecule has 2 N–H and O–H groups in total. The van der Waals surface area contributed by atoms with Crippen LogP contribution in [0, 0.1) is 0 Å². The molecule has 0 fully saturated rings. The van der Waals surface area contributed by atoms with Gasteiger partial charge in [-0.1, -0.05) is 35.9 Å². The molecule has 2 nitrogen and oxygen atoms in total. The Morgan fingerprint density at radius 2 is 1.72 bits per heavy atom. The van der Waals surface area contributed by atoms with Gasteiger partial charge >= 0.3 is 0 Å². The van der Waals surface area contributed by atoms with Gasteiger partial charge in [0.05, 0.1) is 7.11 Å². The molecule has 0 aliphatic carbocycles. The molecule has 3 heteroatoms. The van der Waals surface area contributed by atoms with Gasteiger partial charge in [0.25, 0.3) is 0 Å². The summed E-state index contributed by atoms with van der Waals surface area (Å²) in [6.07, 6.45) is 0. The summed E-state index contributed by atoms with van der Waals surface area (Å²) in [5, 5.41) is 3.03. The maximum atomic E-state index is 5.85. The zero-order valence-corrected chi connectivity index (χ0v) is 11.2. The molecule has 2 aromatic rings. The maximum Gasteiger partial charge on any atom is 0.127 e. The highest BCUT2D eigenvalue weighted by molar-refractivity contribution is 6.30. The average Bonchev–Trinajstić information content (AvgIpc) is 2.41. The molecule has 0 amide bonds. The molecule has 2 aromatic carbocycles. The third-order valence-corrected chi connectivity index (χ3v) is 3.10. The van der Waals surface area contributed by atoms with E-state index in [0.29, 0.717) is 0 Å². The minimum absolute atomic E-state index is 0.781. The van der Waals surface area contributed by atoms with Gasteiger partial charge in [0.15, 0.2) is 0 Å². The highest BCUT2D eigenvalue weighted by Crippen LogP contribution is 2.15. The van der Waals surface area contributed by atoms with E-state index in [4.69, 9.17) is 16.3 Å². The summed E-state index contributed by atoms with van der Waals surface area (Å²) in [5.74, 6) is 0.949. The number of methoxy groups -OCH3 is 1. The Morgan fingerprint density at radius 3 is 2.44 bits per heavy atom. The van der Waals surface area contributed by atoms with E-state index in [1.54, 1.807) is 7.11 Å². The highest BCUT2D eigenvalue weighted by atomic mass is 35.5. The van der Waals surface area contributed by atoms with Gasteiger partial charge < -0.3 is 10.1 Å². The van der Waals surface area contributed by atoms with Gasteiger partial charge in [0.1, 0.15) is 18.8 Å². The van der Waals surface area contributed by atoms with Crippen LogP contribution in [0.25, 0.3) is 0 Å². The Kier molecular flexibility index (Phi) is 4.62. The van der Waals surface area contributed by atoms with Gasteiger partial charge in [-0.15, -0.1) is 0 Å². The summed E-state index contributed by atoms with van der Waals surface area (Å²) in [4.78, 5) is 0. The molecule has 0 aliphatic heterocycles. The Bertz CT molecular complexity index is 496. The highest BCUT2D eigenvalue weighted by Gasteiger charge is 2.03. The minimum Gasteiger partial charge on any atom is -0.496 e. The summed E-state index contributed by atoms with van der Waals surface area (Å²) >= 11 is 5.85. The number of ether oxygens (including phenoxy) is 1. The molecule has 0 bridgehead atoms. The molecule has 0 atom stereocenters. The predicted octanol–water partition coefficient (Wildman–Crippen LogP) is 2.61. The Hall–Kier alpha value is -1.51. The standard InChI is InChI=1S/C15H16ClNO/c1-18-15-5-3-2-4-13(15)11-17-10-12-6-8-14(16)9-7-12/h2-9,17H,10-11H2,1H3/p+1. The number of quaternary nitrogens is 1. The lowest BCUT2D eigenvalue weighted by Crippen LogP contribution is -2.80. The molecule has 0 aliphatic rings. The fourth-order valence-electron chi connectivity index (χ4n) is 1.89. The number of nitrogens with two attached hydrogens (primary N) is 1. The fourth-order valence-corrected chi connectivity index (χ4v) is 2.01. The molecule has 2 rings (SSSR count). The van der Waals surface area contributed by atoms with Crippen molar-refractivity contribution in [2.24, 2.45) is 0 Å². The smallest absolute Gasteiger partial charge is 0.127 e. The molecule has 0 radical (unpaired) electrons. The van der Waals surface area contributed by atoms with Crippen molar-refractivity contribution in [1.29, 1.82) is 0 Å². The van der Waals surface area contributed by atoms with Crippen molar-refractivity contribution >= 4 is 11.6 Å². The molecule has 18 heavy (non-hydrogen) atoms. The summed E-state index contributed by atoms with van der Waals surface area (Å²) in [7, 11) is 1.71. The quantitative estimate of drug-likeness (QED) is 0.881. The van der Waals surface area contributed by atoms with Gasteiger partial charge in [0.2, 0.25) is 0 Å². The molecular formula is C15H17ClNO+. The number of halogens is 1. The zero-order chi connectivity index (χ0) is 12.8. The third-order valence-electron chi connectivity index (χ3n) is 2.85. The van der Waals surface area contributed by atoms with Crippen LogP contribution < -0.4 is 10.1 Å². The van der Waals surface area contributed by atoms with E-state index in [2.05, 4.69) is 23.5 Å². The largest absolute Gasteiger partial charge is 0.496 e. The van der Waals surface area contributed by atoms with Crippen molar-refractivity contribution in [1.82, 2.24) is 0 Å². The first-order chi connectivity index (χ1) is 8.79. The van der Waals surface area contributed by atoms with Gasteiger partial charge in [-0.25, -0.2) is 0 Å². The Morgan fingerprint density at radius 1 is 1.00 bits per heavy atom.